The molecule has 6 heteroatoms. The number of nitrogens with zero attached hydrogens (tertiary/aromatic N) is 3. The zero-order valence-electron chi connectivity index (χ0n) is 14.1. The van der Waals surface area contributed by atoms with E-state index in [0.717, 1.165) is 36.5 Å². The van der Waals surface area contributed by atoms with E-state index in [9.17, 15) is 0 Å². The molecule has 1 aliphatic rings. The summed E-state index contributed by atoms with van der Waals surface area (Å²) in [6, 6.07) is 8.02. The molecule has 3 heterocycles. The predicted molar refractivity (Wildman–Crippen MR) is 101 cm³/mol. The minimum atomic E-state index is 0.388. The largest absolute Gasteiger partial charge is 0.441 e. The molecule has 2 aromatic heterocycles. The van der Waals surface area contributed by atoms with Crippen LogP contribution in [0.2, 0.25) is 5.02 Å². The third-order valence-corrected chi connectivity index (χ3v) is 5.78. The molecule has 0 bridgehead atoms. The van der Waals surface area contributed by atoms with Crippen LogP contribution < -0.4 is 0 Å². The molecule has 3 aromatic rings. The Bertz CT molecular complexity index is 846. The molecule has 0 radical (unpaired) electrons. The molecule has 0 saturated carbocycles. The molecule has 1 aromatic carbocycles. The van der Waals surface area contributed by atoms with E-state index in [-0.39, 0.29) is 0 Å². The van der Waals surface area contributed by atoms with Crippen LogP contribution in [-0.2, 0) is 6.54 Å². The number of piperidine rings is 1. The molecule has 0 aliphatic carbocycles. The van der Waals surface area contributed by atoms with Crippen molar-refractivity contribution in [3.05, 3.63) is 57.3 Å². The van der Waals surface area contributed by atoms with Crippen LogP contribution in [0.5, 0.6) is 0 Å². The van der Waals surface area contributed by atoms with Crippen molar-refractivity contribution in [3.63, 3.8) is 0 Å². The standard InChI is InChI=1S/C19H20ClN3OS/c1-13-16(22-18(24-13)14-5-4-6-15(20)11-14)12-23-9-3-2-7-17(23)19-21-8-10-25-19/h4-6,8,10-11,17H,2-3,7,9,12H2,1H3/t17-/m0/s1. The van der Waals surface area contributed by atoms with Crippen molar-refractivity contribution in [2.75, 3.05) is 6.54 Å². The molecule has 0 spiro atoms. The topological polar surface area (TPSA) is 42.2 Å². The van der Waals surface area contributed by atoms with Gasteiger partial charge in [0.15, 0.2) is 0 Å². The molecule has 0 amide bonds. The normalized spacial score (nSPS) is 18.6. The van der Waals surface area contributed by atoms with E-state index in [1.807, 2.05) is 37.4 Å². The second-order valence-electron chi connectivity index (χ2n) is 6.38. The average Bonchev–Trinajstić information content (AvgIpc) is 3.26. The highest BCUT2D eigenvalue weighted by Gasteiger charge is 2.27. The van der Waals surface area contributed by atoms with Gasteiger partial charge in [0.25, 0.3) is 0 Å². The first kappa shape index (κ1) is 16.8. The summed E-state index contributed by atoms with van der Waals surface area (Å²) in [4.78, 5) is 11.8. The Morgan fingerprint density at radius 3 is 3.08 bits per heavy atom. The van der Waals surface area contributed by atoms with E-state index < -0.39 is 0 Å². The molecule has 25 heavy (non-hydrogen) atoms. The van der Waals surface area contributed by atoms with Gasteiger partial charge in [0.05, 0.1) is 11.7 Å². The van der Waals surface area contributed by atoms with Crippen LogP contribution in [0.15, 0.2) is 40.3 Å². The van der Waals surface area contributed by atoms with Crippen molar-refractivity contribution in [2.24, 2.45) is 0 Å². The van der Waals surface area contributed by atoms with Gasteiger partial charge in [-0.15, -0.1) is 11.3 Å². The molecule has 1 saturated heterocycles. The first-order chi connectivity index (χ1) is 12.2. The van der Waals surface area contributed by atoms with Gasteiger partial charge in [-0.3, -0.25) is 4.90 Å². The zero-order chi connectivity index (χ0) is 17.2. The van der Waals surface area contributed by atoms with Gasteiger partial charge in [-0.1, -0.05) is 24.1 Å². The summed E-state index contributed by atoms with van der Waals surface area (Å²) >= 11 is 7.83. The smallest absolute Gasteiger partial charge is 0.226 e. The summed E-state index contributed by atoms with van der Waals surface area (Å²) in [5, 5.41) is 3.95. The second kappa shape index (κ2) is 7.28. The number of aromatic nitrogens is 2. The number of likely N-dealkylation sites (tertiary alicyclic amines) is 1. The van der Waals surface area contributed by atoms with Crippen LogP contribution in [0.1, 0.15) is 41.8 Å². The summed E-state index contributed by atoms with van der Waals surface area (Å²) in [5.41, 5.74) is 1.91. The van der Waals surface area contributed by atoms with Crippen LogP contribution in [0.25, 0.3) is 11.5 Å². The lowest BCUT2D eigenvalue weighted by Gasteiger charge is -2.33. The highest BCUT2D eigenvalue weighted by molar-refractivity contribution is 7.09. The van der Waals surface area contributed by atoms with Crippen LogP contribution >= 0.6 is 22.9 Å². The number of oxazole rings is 1. The minimum absolute atomic E-state index is 0.388. The number of rotatable bonds is 4. The molecule has 1 atom stereocenters. The third kappa shape index (κ3) is 3.64. The zero-order valence-corrected chi connectivity index (χ0v) is 15.7. The Balaban J connectivity index is 1.57. The Kier molecular flexibility index (Phi) is 4.88. The number of thiazole rings is 1. The molecule has 0 unspecified atom stereocenters. The van der Waals surface area contributed by atoms with E-state index in [2.05, 4.69) is 15.3 Å². The van der Waals surface area contributed by atoms with Crippen LogP contribution in [0.3, 0.4) is 0 Å². The van der Waals surface area contributed by atoms with Crippen molar-refractivity contribution < 1.29 is 4.42 Å². The molecule has 130 valence electrons. The first-order valence-electron chi connectivity index (χ1n) is 8.56. The molecule has 4 rings (SSSR count). The highest BCUT2D eigenvalue weighted by Crippen LogP contribution is 2.34. The molecule has 1 fully saturated rings. The van der Waals surface area contributed by atoms with Crippen molar-refractivity contribution in [1.29, 1.82) is 0 Å². The highest BCUT2D eigenvalue weighted by atomic mass is 35.5. The van der Waals surface area contributed by atoms with E-state index in [1.54, 1.807) is 11.3 Å². The van der Waals surface area contributed by atoms with Gasteiger partial charge in [-0.25, -0.2) is 9.97 Å². The monoisotopic (exact) mass is 373 g/mol. The van der Waals surface area contributed by atoms with Crippen LogP contribution in [-0.4, -0.2) is 21.4 Å². The quantitative estimate of drug-likeness (QED) is 0.606. The Labute approximate surface area is 156 Å². The third-order valence-electron chi connectivity index (χ3n) is 4.67. The fourth-order valence-corrected chi connectivity index (χ4v) is 4.37. The minimum Gasteiger partial charge on any atom is -0.441 e. The van der Waals surface area contributed by atoms with E-state index in [0.29, 0.717) is 17.0 Å². The number of halogens is 1. The fraction of sp³-hybridized carbons (Fsp3) is 0.368. The van der Waals surface area contributed by atoms with Crippen LogP contribution in [0.4, 0.5) is 0 Å². The van der Waals surface area contributed by atoms with Crippen molar-refractivity contribution >= 4 is 22.9 Å². The maximum absolute atomic E-state index is 6.09. The molecule has 1 aliphatic heterocycles. The number of aryl methyl sites for hydroxylation is 1. The van der Waals surface area contributed by atoms with E-state index >= 15 is 0 Å². The lowest BCUT2D eigenvalue weighted by Crippen LogP contribution is -2.33. The van der Waals surface area contributed by atoms with E-state index in [1.165, 1.54) is 17.8 Å². The van der Waals surface area contributed by atoms with Gasteiger partial charge < -0.3 is 4.42 Å². The molecular weight excluding hydrogens is 354 g/mol. The van der Waals surface area contributed by atoms with Crippen molar-refractivity contribution in [1.82, 2.24) is 14.9 Å². The fourth-order valence-electron chi connectivity index (χ4n) is 3.37. The van der Waals surface area contributed by atoms with Gasteiger partial charge in [-0.05, 0) is 44.5 Å². The molecule has 0 N–H and O–H groups in total. The Morgan fingerprint density at radius 1 is 1.36 bits per heavy atom. The number of hydrogen-bond donors (Lipinski definition) is 0. The van der Waals surface area contributed by atoms with E-state index in [4.69, 9.17) is 21.0 Å². The summed E-state index contributed by atoms with van der Waals surface area (Å²) in [6.45, 7) is 3.85. The lowest BCUT2D eigenvalue weighted by molar-refractivity contribution is 0.138. The SMILES string of the molecule is Cc1oc(-c2cccc(Cl)c2)nc1CN1CCCC[C@H]1c1nccs1. The molecular formula is C19H20ClN3OS. The summed E-state index contributed by atoms with van der Waals surface area (Å²) in [6.07, 6.45) is 5.53. The number of benzene rings is 1. The van der Waals surface area contributed by atoms with Crippen molar-refractivity contribution in [2.45, 2.75) is 38.8 Å². The van der Waals surface area contributed by atoms with Gasteiger partial charge >= 0.3 is 0 Å². The van der Waals surface area contributed by atoms with Crippen molar-refractivity contribution in [3.8, 4) is 11.5 Å². The predicted octanol–water partition coefficient (Wildman–Crippen LogP) is 5.49. The maximum atomic E-state index is 6.09. The second-order valence-corrected chi connectivity index (χ2v) is 7.75. The maximum Gasteiger partial charge on any atom is 0.226 e. The summed E-state index contributed by atoms with van der Waals surface area (Å²) in [7, 11) is 0. The molecule has 4 nitrogen and oxygen atoms in total. The Hall–Kier alpha value is -1.69. The summed E-state index contributed by atoms with van der Waals surface area (Å²) < 4.78 is 5.91. The van der Waals surface area contributed by atoms with Gasteiger partial charge in [0.1, 0.15) is 10.8 Å². The van der Waals surface area contributed by atoms with Gasteiger partial charge in [-0.2, -0.15) is 0 Å². The lowest BCUT2D eigenvalue weighted by atomic mass is 10.0. The van der Waals surface area contributed by atoms with Gasteiger partial charge in [0, 0.05) is 28.7 Å². The number of hydrogen-bond acceptors (Lipinski definition) is 5. The summed E-state index contributed by atoms with van der Waals surface area (Å²) in [5.74, 6) is 1.51. The van der Waals surface area contributed by atoms with Crippen LogP contribution in [0, 0.1) is 6.92 Å². The Morgan fingerprint density at radius 2 is 2.28 bits per heavy atom. The average molecular weight is 374 g/mol. The van der Waals surface area contributed by atoms with Gasteiger partial charge in [0.2, 0.25) is 5.89 Å². The first-order valence-corrected chi connectivity index (χ1v) is 9.82.